The molecule has 4 aromatic rings. The molecule has 0 aliphatic carbocycles. The summed E-state index contributed by atoms with van der Waals surface area (Å²) < 4.78 is 0. The van der Waals surface area contributed by atoms with Gasteiger partial charge in [-0.15, -0.1) is 0 Å². The van der Waals surface area contributed by atoms with Crippen molar-refractivity contribution in [1.29, 1.82) is 0 Å². The number of hydrogen-bond donors (Lipinski definition) is 3. The number of carboxylic acid groups (broad SMARTS) is 1. The number of hydrogen-bond acceptors (Lipinski definition) is 6. The molecule has 0 atom stereocenters. The second-order valence-electron chi connectivity index (χ2n) is 7.56. The fraction of sp³-hybridized carbons (Fsp3) is 0.0400. The molecule has 0 radical (unpaired) electrons. The molecule has 0 saturated heterocycles. The molecule has 0 saturated carbocycles. The highest BCUT2D eigenvalue weighted by Crippen LogP contribution is 2.35. The molecule has 1 aliphatic heterocycles. The van der Waals surface area contributed by atoms with Crippen molar-refractivity contribution < 1.29 is 15.0 Å². The molecule has 0 bridgehead atoms. The average Bonchev–Trinajstić information content (AvgIpc) is 2.96. The lowest BCUT2D eigenvalue weighted by Gasteiger charge is -2.13. The van der Waals surface area contributed by atoms with E-state index in [1.54, 1.807) is 12.3 Å². The Morgan fingerprint density at radius 2 is 1.79 bits per heavy atom. The van der Waals surface area contributed by atoms with Gasteiger partial charge in [0.05, 0.1) is 18.0 Å². The van der Waals surface area contributed by atoms with Crippen molar-refractivity contribution >= 4 is 46.5 Å². The molecule has 9 heteroatoms. The fourth-order valence-corrected chi connectivity index (χ4v) is 4.18. The van der Waals surface area contributed by atoms with Crippen LogP contribution in [0.2, 0.25) is 10.0 Å². The van der Waals surface area contributed by atoms with Crippen LogP contribution in [0, 0.1) is 0 Å². The quantitative estimate of drug-likeness (QED) is 0.326. The Labute approximate surface area is 204 Å². The number of fused-ring (bicyclic) bond motifs is 3. The zero-order chi connectivity index (χ0) is 23.8. The van der Waals surface area contributed by atoms with E-state index < -0.39 is 5.97 Å². The minimum atomic E-state index is -1.21. The fourth-order valence-electron chi connectivity index (χ4n) is 3.79. The third kappa shape index (κ3) is 4.07. The highest BCUT2D eigenvalue weighted by atomic mass is 35.5. The van der Waals surface area contributed by atoms with E-state index in [9.17, 15) is 9.90 Å². The van der Waals surface area contributed by atoms with Gasteiger partial charge in [-0.25, -0.2) is 14.8 Å². The number of aromatic nitrogens is 2. The van der Waals surface area contributed by atoms with Gasteiger partial charge in [0.2, 0.25) is 5.95 Å². The van der Waals surface area contributed by atoms with E-state index >= 15 is 0 Å². The molecular formula is C25H16Cl2N4O3. The normalized spacial score (nSPS) is 12.2. The summed E-state index contributed by atoms with van der Waals surface area (Å²) in [6, 6.07) is 17.2. The maximum Gasteiger partial charge on any atom is 0.339 e. The number of nitrogens with one attached hydrogen (secondary N) is 1. The number of carbonyl (C=O) groups is 1. The minimum Gasteiger partial charge on any atom is -0.507 e. The summed E-state index contributed by atoms with van der Waals surface area (Å²) in [5.41, 5.74) is 4.88. The third-order valence-electron chi connectivity index (χ3n) is 5.38. The Balaban J connectivity index is 1.58. The average molecular weight is 491 g/mol. The molecule has 0 spiro atoms. The summed E-state index contributed by atoms with van der Waals surface area (Å²) in [4.78, 5) is 25.0. The summed E-state index contributed by atoms with van der Waals surface area (Å²) in [5, 5.41) is 23.2. The number of aromatic carboxylic acids is 1. The molecule has 3 aromatic carbocycles. The van der Waals surface area contributed by atoms with Gasteiger partial charge in [-0.1, -0.05) is 47.5 Å². The first-order valence-corrected chi connectivity index (χ1v) is 10.9. The highest BCUT2D eigenvalue weighted by Gasteiger charge is 2.22. The standard InChI is InChI=1S/C25H16Cl2N4O3/c26-14-5-7-16-19(9-14)23(17-3-1-2-4-20(17)27)28-11-13-12-29-25(31-22(13)16)30-15-6-8-18(24(33)34)21(32)10-15/h1-10,12,32H,11H2,(H,33,34)(H,29,30,31). The second kappa shape index (κ2) is 8.78. The molecule has 168 valence electrons. The van der Waals surface area contributed by atoms with Gasteiger partial charge in [0.1, 0.15) is 11.3 Å². The van der Waals surface area contributed by atoms with Crippen molar-refractivity contribution in [3.8, 4) is 17.0 Å². The number of anilines is 2. The van der Waals surface area contributed by atoms with E-state index in [0.717, 1.165) is 22.3 Å². The van der Waals surface area contributed by atoms with Gasteiger partial charge in [-0.3, -0.25) is 4.99 Å². The SMILES string of the molecule is O=C(O)c1ccc(Nc2ncc3c(n2)-c2ccc(Cl)cc2C(c2ccccc2Cl)=NC3)cc1O. The van der Waals surface area contributed by atoms with Crippen LogP contribution in [0.3, 0.4) is 0 Å². The van der Waals surface area contributed by atoms with Gasteiger partial charge in [0, 0.05) is 50.2 Å². The van der Waals surface area contributed by atoms with E-state index in [0.29, 0.717) is 33.7 Å². The summed E-state index contributed by atoms with van der Waals surface area (Å²) in [7, 11) is 0. The van der Waals surface area contributed by atoms with Crippen LogP contribution in [0.1, 0.15) is 27.0 Å². The lowest BCUT2D eigenvalue weighted by atomic mass is 9.95. The van der Waals surface area contributed by atoms with Crippen molar-refractivity contribution in [3.63, 3.8) is 0 Å². The Hall–Kier alpha value is -3.94. The van der Waals surface area contributed by atoms with Gasteiger partial charge in [-0.2, -0.15) is 0 Å². The van der Waals surface area contributed by atoms with Crippen LogP contribution >= 0.6 is 23.2 Å². The second-order valence-corrected chi connectivity index (χ2v) is 8.41. The molecule has 0 fully saturated rings. The summed E-state index contributed by atoms with van der Waals surface area (Å²) in [6.45, 7) is 0.344. The number of rotatable bonds is 4. The van der Waals surface area contributed by atoms with Crippen LogP contribution in [0.15, 0.2) is 71.9 Å². The molecule has 1 aliphatic rings. The van der Waals surface area contributed by atoms with Crippen LogP contribution in [0.25, 0.3) is 11.3 Å². The first-order valence-electron chi connectivity index (χ1n) is 10.2. The van der Waals surface area contributed by atoms with Gasteiger partial charge >= 0.3 is 5.97 Å². The lowest BCUT2D eigenvalue weighted by molar-refractivity contribution is 0.0694. The zero-order valence-electron chi connectivity index (χ0n) is 17.5. The summed E-state index contributed by atoms with van der Waals surface area (Å²) in [5.74, 6) is -1.29. The van der Waals surface area contributed by atoms with Gasteiger partial charge in [0.25, 0.3) is 0 Å². The molecule has 3 N–H and O–H groups in total. The molecule has 0 unspecified atom stereocenters. The maximum absolute atomic E-state index is 11.1. The van der Waals surface area contributed by atoms with Crippen LogP contribution in [-0.4, -0.2) is 31.9 Å². The van der Waals surface area contributed by atoms with Crippen molar-refractivity contribution in [2.24, 2.45) is 4.99 Å². The van der Waals surface area contributed by atoms with E-state index in [-0.39, 0.29) is 17.3 Å². The topological polar surface area (TPSA) is 108 Å². The molecule has 0 amide bonds. The van der Waals surface area contributed by atoms with E-state index in [1.165, 1.54) is 18.2 Å². The zero-order valence-corrected chi connectivity index (χ0v) is 19.0. The smallest absolute Gasteiger partial charge is 0.339 e. The van der Waals surface area contributed by atoms with Crippen LogP contribution in [0.4, 0.5) is 11.6 Å². The van der Waals surface area contributed by atoms with Crippen LogP contribution in [-0.2, 0) is 6.54 Å². The molecular weight excluding hydrogens is 475 g/mol. The van der Waals surface area contributed by atoms with Crippen molar-refractivity contribution in [3.05, 3.63) is 99.2 Å². The largest absolute Gasteiger partial charge is 0.507 e. The molecule has 1 aromatic heterocycles. The number of nitrogens with zero attached hydrogens (tertiary/aromatic N) is 3. The van der Waals surface area contributed by atoms with Gasteiger partial charge in [-0.05, 0) is 30.3 Å². The number of benzene rings is 3. The number of aromatic hydroxyl groups is 1. The van der Waals surface area contributed by atoms with Crippen LogP contribution < -0.4 is 5.32 Å². The highest BCUT2D eigenvalue weighted by molar-refractivity contribution is 6.36. The Bertz CT molecular complexity index is 1490. The number of carboxylic acids is 1. The lowest BCUT2D eigenvalue weighted by Crippen LogP contribution is -2.06. The summed E-state index contributed by atoms with van der Waals surface area (Å²) >= 11 is 12.8. The Morgan fingerprint density at radius 1 is 0.971 bits per heavy atom. The van der Waals surface area contributed by atoms with Crippen molar-refractivity contribution in [2.45, 2.75) is 6.54 Å². The van der Waals surface area contributed by atoms with E-state index in [4.69, 9.17) is 38.3 Å². The molecule has 2 heterocycles. The number of aliphatic imine (C=N–C) groups is 1. The Kier molecular flexibility index (Phi) is 5.65. The predicted octanol–water partition coefficient (Wildman–Crippen LogP) is 5.95. The number of halogens is 2. The third-order valence-corrected chi connectivity index (χ3v) is 5.94. The first kappa shape index (κ1) is 21.9. The van der Waals surface area contributed by atoms with Gasteiger partial charge in [0.15, 0.2) is 0 Å². The predicted molar refractivity (Wildman–Crippen MR) is 132 cm³/mol. The molecule has 5 rings (SSSR count). The van der Waals surface area contributed by atoms with Crippen molar-refractivity contribution in [2.75, 3.05) is 5.32 Å². The molecule has 34 heavy (non-hydrogen) atoms. The first-order chi connectivity index (χ1) is 16.4. The summed E-state index contributed by atoms with van der Waals surface area (Å²) in [6.07, 6.45) is 1.69. The van der Waals surface area contributed by atoms with E-state index in [2.05, 4.69) is 10.3 Å². The van der Waals surface area contributed by atoms with Crippen LogP contribution in [0.5, 0.6) is 5.75 Å². The Morgan fingerprint density at radius 3 is 2.56 bits per heavy atom. The van der Waals surface area contributed by atoms with E-state index in [1.807, 2.05) is 36.4 Å². The molecule has 7 nitrogen and oxygen atoms in total. The van der Waals surface area contributed by atoms with Gasteiger partial charge < -0.3 is 15.5 Å². The minimum absolute atomic E-state index is 0.191. The number of phenols is 1. The maximum atomic E-state index is 11.1. The van der Waals surface area contributed by atoms with Crippen molar-refractivity contribution in [1.82, 2.24) is 9.97 Å². The monoisotopic (exact) mass is 490 g/mol.